The summed E-state index contributed by atoms with van der Waals surface area (Å²) >= 11 is 5.36. The van der Waals surface area contributed by atoms with Crippen molar-refractivity contribution in [3.05, 3.63) is 58.7 Å². The third kappa shape index (κ3) is 4.17. The van der Waals surface area contributed by atoms with E-state index in [1.165, 1.54) is 22.3 Å². The van der Waals surface area contributed by atoms with Gasteiger partial charge in [-0.15, -0.1) is 0 Å². The van der Waals surface area contributed by atoms with Gasteiger partial charge in [0.15, 0.2) is 5.11 Å². The largest absolute Gasteiger partial charge is 0.497 e. The van der Waals surface area contributed by atoms with Crippen LogP contribution in [0.1, 0.15) is 35.1 Å². The van der Waals surface area contributed by atoms with Gasteiger partial charge in [-0.2, -0.15) is 5.10 Å². The lowest BCUT2D eigenvalue weighted by atomic mass is 9.86. The van der Waals surface area contributed by atoms with Gasteiger partial charge < -0.3 is 10.1 Å². The molecule has 0 atom stereocenters. The standard InChI is InChI=1S/C20H23N3OS/c1-13-10-14(2)17-8-5-9-19(18(17)11-13)22-23-20(25)21-15-6-4-7-16(12-15)24-3/h4,6-7,10-12H,5,8-9H2,1-3H3,(H2,21,23,25). The molecule has 0 unspecified atom stereocenters. The second-order valence-electron chi connectivity index (χ2n) is 6.32. The van der Waals surface area contributed by atoms with E-state index in [-0.39, 0.29) is 0 Å². The Bertz CT molecular complexity index is 830. The van der Waals surface area contributed by atoms with E-state index >= 15 is 0 Å². The van der Waals surface area contributed by atoms with Crippen LogP contribution >= 0.6 is 12.2 Å². The van der Waals surface area contributed by atoms with Crippen LogP contribution in [0.3, 0.4) is 0 Å². The van der Waals surface area contributed by atoms with Gasteiger partial charge in [0.05, 0.1) is 12.8 Å². The molecular formula is C20H23N3OS. The highest BCUT2D eigenvalue weighted by molar-refractivity contribution is 7.80. The van der Waals surface area contributed by atoms with Crippen molar-refractivity contribution in [3.63, 3.8) is 0 Å². The molecule has 0 radical (unpaired) electrons. The topological polar surface area (TPSA) is 45.6 Å². The van der Waals surface area contributed by atoms with Crippen LogP contribution in [0.5, 0.6) is 5.75 Å². The number of fused-ring (bicyclic) bond motifs is 1. The van der Waals surface area contributed by atoms with Crippen LogP contribution in [0.4, 0.5) is 5.69 Å². The zero-order valence-corrected chi connectivity index (χ0v) is 15.7. The number of ether oxygens (including phenoxy) is 1. The molecule has 0 amide bonds. The van der Waals surface area contributed by atoms with Crippen molar-refractivity contribution >= 4 is 28.7 Å². The van der Waals surface area contributed by atoms with Crippen LogP contribution in [0.25, 0.3) is 0 Å². The van der Waals surface area contributed by atoms with Crippen molar-refractivity contribution in [3.8, 4) is 5.75 Å². The Balaban J connectivity index is 1.73. The van der Waals surface area contributed by atoms with Gasteiger partial charge in [0, 0.05) is 17.3 Å². The Kier molecular flexibility index (Phi) is 5.34. The molecule has 0 heterocycles. The number of methoxy groups -OCH3 is 1. The Morgan fingerprint density at radius 3 is 2.80 bits per heavy atom. The van der Waals surface area contributed by atoms with Crippen molar-refractivity contribution in [1.29, 1.82) is 0 Å². The summed E-state index contributed by atoms with van der Waals surface area (Å²) < 4.78 is 5.22. The fourth-order valence-corrected chi connectivity index (χ4v) is 3.41. The normalized spacial score (nSPS) is 14.8. The van der Waals surface area contributed by atoms with Gasteiger partial charge in [-0.1, -0.05) is 17.7 Å². The van der Waals surface area contributed by atoms with Gasteiger partial charge >= 0.3 is 0 Å². The van der Waals surface area contributed by atoms with Gasteiger partial charge in [0.1, 0.15) is 5.75 Å². The van der Waals surface area contributed by atoms with Crippen LogP contribution in [0, 0.1) is 13.8 Å². The fourth-order valence-electron chi connectivity index (χ4n) is 3.25. The number of benzene rings is 2. The molecule has 0 fully saturated rings. The van der Waals surface area contributed by atoms with E-state index in [0.29, 0.717) is 5.11 Å². The average molecular weight is 353 g/mol. The van der Waals surface area contributed by atoms with Crippen molar-refractivity contribution in [2.75, 3.05) is 12.4 Å². The van der Waals surface area contributed by atoms with E-state index in [0.717, 1.165) is 36.4 Å². The van der Waals surface area contributed by atoms with Crippen LogP contribution in [0.15, 0.2) is 41.5 Å². The molecule has 2 aromatic carbocycles. The van der Waals surface area contributed by atoms with Gasteiger partial charge in [-0.05, 0) is 74.7 Å². The molecule has 5 heteroatoms. The van der Waals surface area contributed by atoms with E-state index in [4.69, 9.17) is 17.0 Å². The number of hydrazone groups is 1. The van der Waals surface area contributed by atoms with Crippen LogP contribution in [-0.4, -0.2) is 17.9 Å². The molecule has 1 aliphatic carbocycles. The number of aryl methyl sites for hydroxylation is 2. The zero-order valence-electron chi connectivity index (χ0n) is 14.8. The summed E-state index contributed by atoms with van der Waals surface area (Å²) in [5.41, 5.74) is 10.2. The molecule has 25 heavy (non-hydrogen) atoms. The smallest absolute Gasteiger partial charge is 0.191 e. The second-order valence-corrected chi connectivity index (χ2v) is 6.73. The minimum Gasteiger partial charge on any atom is -0.497 e. The maximum atomic E-state index is 5.36. The summed E-state index contributed by atoms with van der Waals surface area (Å²) in [6.45, 7) is 4.30. The first-order chi connectivity index (χ1) is 12.1. The Morgan fingerprint density at radius 2 is 2.00 bits per heavy atom. The lowest BCUT2D eigenvalue weighted by molar-refractivity contribution is 0.415. The first kappa shape index (κ1) is 17.4. The fraction of sp³-hybridized carbons (Fsp3) is 0.300. The van der Waals surface area contributed by atoms with Gasteiger partial charge in [0.2, 0.25) is 0 Å². The maximum Gasteiger partial charge on any atom is 0.191 e. The number of hydrogen-bond acceptors (Lipinski definition) is 3. The quantitative estimate of drug-likeness (QED) is 0.636. The summed E-state index contributed by atoms with van der Waals surface area (Å²) in [4.78, 5) is 0. The molecule has 2 N–H and O–H groups in total. The Hall–Kier alpha value is -2.40. The molecule has 0 aromatic heterocycles. The number of nitrogens with zero attached hydrogens (tertiary/aromatic N) is 1. The number of hydrogen-bond donors (Lipinski definition) is 2. The van der Waals surface area contributed by atoms with Gasteiger partial charge in [-0.25, -0.2) is 0 Å². The molecule has 0 bridgehead atoms. The molecule has 4 nitrogen and oxygen atoms in total. The molecule has 0 spiro atoms. The van der Waals surface area contributed by atoms with Crippen molar-refractivity contribution < 1.29 is 4.74 Å². The monoisotopic (exact) mass is 353 g/mol. The van der Waals surface area contributed by atoms with E-state index in [1.807, 2.05) is 24.3 Å². The predicted molar refractivity (Wildman–Crippen MR) is 108 cm³/mol. The highest BCUT2D eigenvalue weighted by Crippen LogP contribution is 2.26. The lowest BCUT2D eigenvalue weighted by Crippen LogP contribution is -2.26. The number of thiocarbonyl (C=S) groups is 1. The van der Waals surface area contributed by atoms with Crippen molar-refractivity contribution in [1.82, 2.24) is 5.43 Å². The third-order valence-corrected chi connectivity index (χ3v) is 4.58. The SMILES string of the molecule is COc1cccc(NC(=S)NN=C2CCCc3c(C)cc(C)cc32)c1. The lowest BCUT2D eigenvalue weighted by Gasteiger charge is -2.21. The Labute approximate surface area is 154 Å². The summed E-state index contributed by atoms with van der Waals surface area (Å²) in [6.07, 6.45) is 3.20. The van der Waals surface area contributed by atoms with Crippen molar-refractivity contribution in [2.24, 2.45) is 5.10 Å². The van der Waals surface area contributed by atoms with E-state index in [9.17, 15) is 0 Å². The average Bonchev–Trinajstić information content (AvgIpc) is 2.60. The molecule has 3 rings (SSSR count). The summed E-state index contributed by atoms with van der Waals surface area (Å²) in [5, 5.41) is 8.18. The van der Waals surface area contributed by atoms with Crippen LogP contribution < -0.4 is 15.5 Å². The molecule has 1 aliphatic rings. The van der Waals surface area contributed by atoms with Crippen LogP contribution in [-0.2, 0) is 6.42 Å². The number of nitrogens with one attached hydrogen (secondary N) is 2. The van der Waals surface area contributed by atoms with E-state index in [1.54, 1.807) is 7.11 Å². The first-order valence-electron chi connectivity index (χ1n) is 8.45. The molecule has 0 saturated heterocycles. The van der Waals surface area contributed by atoms with Gasteiger partial charge in [-0.3, -0.25) is 5.43 Å². The van der Waals surface area contributed by atoms with Crippen molar-refractivity contribution in [2.45, 2.75) is 33.1 Å². The minimum absolute atomic E-state index is 0.470. The summed E-state index contributed by atoms with van der Waals surface area (Å²) in [7, 11) is 1.64. The maximum absolute atomic E-state index is 5.36. The predicted octanol–water partition coefficient (Wildman–Crippen LogP) is 4.34. The van der Waals surface area contributed by atoms with Crippen LogP contribution in [0.2, 0.25) is 0 Å². The highest BCUT2D eigenvalue weighted by atomic mass is 32.1. The second kappa shape index (κ2) is 7.66. The highest BCUT2D eigenvalue weighted by Gasteiger charge is 2.18. The molecule has 2 aromatic rings. The molecular weight excluding hydrogens is 330 g/mol. The van der Waals surface area contributed by atoms with E-state index in [2.05, 4.69) is 41.8 Å². The Morgan fingerprint density at radius 1 is 1.16 bits per heavy atom. The molecule has 130 valence electrons. The summed E-state index contributed by atoms with van der Waals surface area (Å²) in [5.74, 6) is 0.784. The molecule has 0 saturated carbocycles. The molecule has 0 aliphatic heterocycles. The van der Waals surface area contributed by atoms with E-state index < -0.39 is 0 Å². The first-order valence-corrected chi connectivity index (χ1v) is 8.86. The summed E-state index contributed by atoms with van der Waals surface area (Å²) in [6, 6.07) is 12.1. The third-order valence-electron chi connectivity index (χ3n) is 4.39. The zero-order chi connectivity index (χ0) is 17.8. The minimum atomic E-state index is 0.470. The van der Waals surface area contributed by atoms with Gasteiger partial charge in [0.25, 0.3) is 0 Å². The number of anilines is 1. The number of rotatable bonds is 3.